The van der Waals surface area contributed by atoms with Gasteiger partial charge in [0.15, 0.2) is 23.0 Å². The largest absolute Gasteiger partial charge is 0.493 e. The monoisotopic (exact) mass is 461 g/mol. The third kappa shape index (κ3) is 4.29. The number of nitrogens with one attached hydrogen (secondary N) is 1. The van der Waals surface area contributed by atoms with Gasteiger partial charge in [0.05, 0.1) is 43.8 Å². The number of pyridine rings is 1. The molecule has 3 aromatic carbocycles. The third-order valence-electron chi connectivity index (χ3n) is 4.99. The van der Waals surface area contributed by atoms with Crippen molar-refractivity contribution >= 4 is 33.9 Å². The zero-order valence-corrected chi connectivity index (χ0v) is 18.9. The van der Waals surface area contributed by atoms with Crippen molar-refractivity contribution in [2.24, 2.45) is 0 Å². The Hall–Kier alpha value is -4.15. The highest BCUT2D eigenvalue weighted by Crippen LogP contribution is 2.44. The Morgan fingerprint density at radius 1 is 0.909 bits per heavy atom. The van der Waals surface area contributed by atoms with Crippen LogP contribution in [0.15, 0.2) is 60.8 Å². The highest BCUT2D eigenvalue weighted by molar-refractivity contribution is 6.35. The molecule has 1 heterocycles. The summed E-state index contributed by atoms with van der Waals surface area (Å²) in [6.07, 6.45) is 1.49. The van der Waals surface area contributed by atoms with E-state index in [1.165, 1.54) is 13.3 Å². The van der Waals surface area contributed by atoms with Crippen molar-refractivity contribution in [3.05, 3.63) is 71.4 Å². The Balaban J connectivity index is 1.80. The minimum Gasteiger partial charge on any atom is -0.493 e. The summed E-state index contributed by atoms with van der Waals surface area (Å²) >= 11 is 6.67. The maximum Gasteiger partial charge on any atom is 0.182 e. The molecule has 0 aliphatic heterocycles. The molecule has 166 valence electrons. The van der Waals surface area contributed by atoms with E-state index in [9.17, 15) is 5.26 Å². The molecular formula is C25H20ClN3O4. The van der Waals surface area contributed by atoms with Crippen LogP contribution in [0.2, 0.25) is 5.02 Å². The first kappa shape index (κ1) is 22.1. The zero-order valence-electron chi connectivity index (χ0n) is 18.2. The Morgan fingerprint density at radius 3 is 2.30 bits per heavy atom. The van der Waals surface area contributed by atoms with Crippen molar-refractivity contribution < 1.29 is 18.9 Å². The SMILES string of the molecule is COc1cc2ncc(C#N)c(Nc3ccc(Oc4ccccc4)c(OC)c3Cl)c2cc1OC. The predicted octanol–water partition coefficient (Wildman–Crippen LogP) is 6.32. The number of halogens is 1. The van der Waals surface area contributed by atoms with Gasteiger partial charge in [-0.1, -0.05) is 29.8 Å². The fraction of sp³-hybridized carbons (Fsp3) is 0.120. The van der Waals surface area contributed by atoms with Gasteiger partial charge in [0.25, 0.3) is 0 Å². The number of fused-ring (bicyclic) bond motifs is 1. The molecule has 7 nitrogen and oxygen atoms in total. The second-order valence-electron chi connectivity index (χ2n) is 6.88. The molecule has 1 N–H and O–H groups in total. The smallest absolute Gasteiger partial charge is 0.182 e. The first-order valence-electron chi connectivity index (χ1n) is 9.90. The number of hydrogen-bond donors (Lipinski definition) is 1. The normalized spacial score (nSPS) is 10.4. The van der Waals surface area contributed by atoms with Crippen molar-refractivity contribution in [3.63, 3.8) is 0 Å². The molecule has 0 radical (unpaired) electrons. The second kappa shape index (κ2) is 9.55. The molecule has 4 aromatic rings. The summed E-state index contributed by atoms with van der Waals surface area (Å²) < 4.78 is 22.3. The fourth-order valence-electron chi connectivity index (χ4n) is 3.39. The van der Waals surface area contributed by atoms with Gasteiger partial charge in [-0.05, 0) is 30.3 Å². The molecular weight excluding hydrogens is 442 g/mol. The van der Waals surface area contributed by atoms with E-state index in [-0.39, 0.29) is 0 Å². The average molecular weight is 462 g/mol. The molecule has 0 saturated heterocycles. The van der Waals surface area contributed by atoms with Crippen molar-refractivity contribution in [1.29, 1.82) is 5.26 Å². The maximum absolute atomic E-state index is 9.70. The molecule has 0 unspecified atom stereocenters. The van der Waals surface area contributed by atoms with Gasteiger partial charge in [-0.15, -0.1) is 0 Å². The van der Waals surface area contributed by atoms with Gasteiger partial charge in [-0.25, -0.2) is 0 Å². The quantitative estimate of drug-likeness (QED) is 0.344. The first-order chi connectivity index (χ1) is 16.1. The molecule has 0 atom stereocenters. The van der Waals surface area contributed by atoms with E-state index in [2.05, 4.69) is 16.4 Å². The predicted molar refractivity (Wildman–Crippen MR) is 127 cm³/mol. The van der Waals surface area contributed by atoms with E-state index in [0.717, 1.165) is 0 Å². The number of hydrogen-bond acceptors (Lipinski definition) is 7. The molecule has 8 heteroatoms. The standard InChI is InChI=1S/C25H20ClN3O4/c1-30-21-11-17-19(12-22(21)31-2)28-14-15(13-27)24(17)29-18-9-10-20(25(32-3)23(18)26)33-16-7-5-4-6-8-16/h4-12,14H,1-3H3,(H,28,29). The third-order valence-corrected chi connectivity index (χ3v) is 5.36. The van der Waals surface area contributed by atoms with Crippen LogP contribution >= 0.6 is 11.6 Å². The molecule has 0 aliphatic rings. The van der Waals surface area contributed by atoms with E-state index in [0.29, 0.717) is 61.6 Å². The lowest BCUT2D eigenvalue weighted by atomic mass is 10.1. The van der Waals surface area contributed by atoms with Gasteiger partial charge in [0.2, 0.25) is 0 Å². The maximum atomic E-state index is 9.70. The number of ether oxygens (including phenoxy) is 4. The number of aromatic nitrogens is 1. The summed E-state index contributed by atoms with van der Waals surface area (Å²) in [6, 6.07) is 18.5. The molecule has 1 aromatic heterocycles. The van der Waals surface area contributed by atoms with Gasteiger partial charge in [0.1, 0.15) is 16.8 Å². The Labute approximate surface area is 196 Å². The Kier molecular flexibility index (Phi) is 6.38. The van der Waals surface area contributed by atoms with Crippen molar-refractivity contribution in [3.8, 4) is 34.8 Å². The fourth-order valence-corrected chi connectivity index (χ4v) is 3.67. The molecule has 33 heavy (non-hydrogen) atoms. The second-order valence-corrected chi connectivity index (χ2v) is 7.26. The van der Waals surface area contributed by atoms with Crippen LogP contribution < -0.4 is 24.3 Å². The summed E-state index contributed by atoms with van der Waals surface area (Å²) in [7, 11) is 4.62. The molecule has 0 amide bonds. The highest BCUT2D eigenvalue weighted by atomic mass is 35.5. The lowest BCUT2D eigenvalue weighted by Crippen LogP contribution is -2.00. The minimum absolute atomic E-state index is 0.306. The number of nitriles is 1. The lowest BCUT2D eigenvalue weighted by Gasteiger charge is -2.17. The van der Waals surface area contributed by atoms with Gasteiger partial charge in [-0.3, -0.25) is 4.98 Å². The summed E-state index contributed by atoms with van der Waals surface area (Å²) in [5.74, 6) is 2.53. The van der Waals surface area contributed by atoms with E-state index >= 15 is 0 Å². The van der Waals surface area contributed by atoms with Gasteiger partial charge < -0.3 is 24.3 Å². The number of nitrogens with zero attached hydrogens (tertiary/aromatic N) is 2. The Morgan fingerprint density at radius 2 is 1.64 bits per heavy atom. The van der Waals surface area contributed by atoms with Gasteiger partial charge >= 0.3 is 0 Å². The number of rotatable bonds is 7. The summed E-state index contributed by atoms with van der Waals surface area (Å²) in [6.45, 7) is 0. The molecule has 0 fully saturated rings. The van der Waals surface area contributed by atoms with E-state index < -0.39 is 0 Å². The number of benzene rings is 3. The number of methoxy groups -OCH3 is 3. The van der Waals surface area contributed by atoms with Crippen LogP contribution in [0.3, 0.4) is 0 Å². The minimum atomic E-state index is 0.306. The van der Waals surface area contributed by atoms with Crippen LogP contribution in [0.1, 0.15) is 5.56 Å². The lowest BCUT2D eigenvalue weighted by molar-refractivity contribution is 0.356. The summed E-state index contributed by atoms with van der Waals surface area (Å²) in [5, 5.41) is 13.9. The van der Waals surface area contributed by atoms with Crippen LogP contribution in [0, 0.1) is 11.3 Å². The van der Waals surface area contributed by atoms with Crippen LogP contribution in [-0.4, -0.2) is 26.3 Å². The summed E-state index contributed by atoms with van der Waals surface area (Å²) in [5.41, 5.74) is 2.03. The number of anilines is 2. The van der Waals surface area contributed by atoms with Crippen molar-refractivity contribution in [2.45, 2.75) is 0 Å². The van der Waals surface area contributed by atoms with Crippen molar-refractivity contribution in [1.82, 2.24) is 4.98 Å². The highest BCUT2D eigenvalue weighted by Gasteiger charge is 2.18. The van der Waals surface area contributed by atoms with Crippen LogP contribution in [0.25, 0.3) is 10.9 Å². The van der Waals surface area contributed by atoms with E-state index in [4.69, 9.17) is 30.5 Å². The van der Waals surface area contributed by atoms with Crippen LogP contribution in [0.4, 0.5) is 11.4 Å². The summed E-state index contributed by atoms with van der Waals surface area (Å²) in [4.78, 5) is 4.38. The molecule has 0 aliphatic carbocycles. The number of para-hydroxylation sites is 1. The van der Waals surface area contributed by atoms with Crippen LogP contribution in [-0.2, 0) is 0 Å². The topological polar surface area (TPSA) is 85.6 Å². The van der Waals surface area contributed by atoms with E-state index in [1.54, 1.807) is 38.5 Å². The van der Waals surface area contributed by atoms with Gasteiger partial charge in [0, 0.05) is 17.6 Å². The molecule has 4 rings (SSSR count). The average Bonchev–Trinajstić information content (AvgIpc) is 2.85. The van der Waals surface area contributed by atoms with Gasteiger partial charge in [-0.2, -0.15) is 5.26 Å². The molecule has 0 saturated carbocycles. The zero-order chi connectivity index (χ0) is 23.4. The molecule has 0 bridgehead atoms. The Bertz CT molecular complexity index is 1350. The van der Waals surface area contributed by atoms with E-state index in [1.807, 2.05) is 30.3 Å². The van der Waals surface area contributed by atoms with Crippen molar-refractivity contribution in [2.75, 3.05) is 26.6 Å². The first-order valence-corrected chi connectivity index (χ1v) is 10.3. The van der Waals surface area contributed by atoms with Crippen LogP contribution in [0.5, 0.6) is 28.7 Å². The molecule has 0 spiro atoms.